The van der Waals surface area contributed by atoms with Crippen LogP contribution in [0.3, 0.4) is 0 Å². The van der Waals surface area contributed by atoms with Crippen LogP contribution < -0.4 is 5.32 Å². The molecule has 0 spiro atoms. The molecule has 2 N–H and O–H groups in total. The van der Waals surface area contributed by atoms with Gasteiger partial charge >= 0.3 is 5.97 Å². The molecule has 6 heteroatoms. The molecule has 0 aliphatic heterocycles. The minimum atomic E-state index is -1.17. The van der Waals surface area contributed by atoms with E-state index >= 15 is 0 Å². The zero-order valence-electron chi connectivity index (χ0n) is 9.95. The number of nitrogens with zero attached hydrogens (tertiary/aromatic N) is 1. The molecule has 0 radical (unpaired) electrons. The van der Waals surface area contributed by atoms with Crippen LogP contribution in [0.15, 0.2) is 30.3 Å². The molecule has 0 aliphatic rings. The van der Waals surface area contributed by atoms with Gasteiger partial charge in [0, 0.05) is 0 Å². The Bertz CT molecular complexity index is 626. The van der Waals surface area contributed by atoms with Gasteiger partial charge in [-0.1, -0.05) is 23.7 Å². The maximum Gasteiger partial charge on any atom is 0.339 e. The van der Waals surface area contributed by atoms with Crippen molar-refractivity contribution >= 4 is 29.1 Å². The first-order chi connectivity index (χ1) is 8.99. The van der Waals surface area contributed by atoms with Gasteiger partial charge in [0.05, 0.1) is 5.69 Å². The van der Waals surface area contributed by atoms with E-state index in [0.717, 1.165) is 0 Å². The third-order valence-corrected chi connectivity index (χ3v) is 2.77. The summed E-state index contributed by atoms with van der Waals surface area (Å²) in [5, 5.41) is 11.9. The molecular formula is C13H10ClFN2O2. The molecule has 0 unspecified atom stereocenters. The molecule has 1 heterocycles. The maximum atomic E-state index is 13.7. The number of aromatic nitrogens is 1. The van der Waals surface area contributed by atoms with Crippen molar-refractivity contribution in [3.63, 3.8) is 0 Å². The Kier molecular flexibility index (Phi) is 3.66. The number of halogens is 2. The number of anilines is 2. The highest BCUT2D eigenvalue weighted by Crippen LogP contribution is 2.25. The standard InChI is InChI=1S/C13H10ClFN2O2/c1-7-3-2-4-9(15)11(7)17-12-8(13(18)19)5-6-10(14)16-12/h2-6H,1H3,(H,16,17)(H,18,19). The van der Waals surface area contributed by atoms with Gasteiger partial charge in [-0.15, -0.1) is 0 Å². The van der Waals surface area contributed by atoms with Gasteiger partial charge < -0.3 is 10.4 Å². The lowest BCUT2D eigenvalue weighted by Gasteiger charge is -2.12. The van der Waals surface area contributed by atoms with Crippen LogP contribution in [0.4, 0.5) is 15.9 Å². The monoisotopic (exact) mass is 280 g/mol. The third-order valence-electron chi connectivity index (χ3n) is 2.56. The highest BCUT2D eigenvalue weighted by atomic mass is 35.5. The van der Waals surface area contributed by atoms with Crippen molar-refractivity contribution in [3.8, 4) is 0 Å². The quantitative estimate of drug-likeness (QED) is 0.843. The van der Waals surface area contributed by atoms with Gasteiger partial charge in [0.15, 0.2) is 0 Å². The van der Waals surface area contributed by atoms with Crippen LogP contribution in [0.25, 0.3) is 0 Å². The first-order valence-electron chi connectivity index (χ1n) is 5.41. The van der Waals surface area contributed by atoms with Crippen molar-refractivity contribution < 1.29 is 14.3 Å². The fourth-order valence-electron chi connectivity index (χ4n) is 1.61. The van der Waals surface area contributed by atoms with Crippen LogP contribution in [-0.4, -0.2) is 16.1 Å². The molecule has 1 aromatic carbocycles. The summed E-state index contributed by atoms with van der Waals surface area (Å²) in [7, 11) is 0. The molecule has 0 aliphatic carbocycles. The van der Waals surface area contributed by atoms with Crippen LogP contribution in [0, 0.1) is 12.7 Å². The highest BCUT2D eigenvalue weighted by Gasteiger charge is 2.14. The Labute approximate surface area is 113 Å². The molecule has 0 amide bonds. The minimum Gasteiger partial charge on any atom is -0.478 e. The molecule has 0 bridgehead atoms. The molecule has 0 saturated heterocycles. The van der Waals surface area contributed by atoms with Gasteiger partial charge in [-0.25, -0.2) is 14.2 Å². The van der Waals surface area contributed by atoms with Crippen LogP contribution in [0.5, 0.6) is 0 Å². The summed E-state index contributed by atoms with van der Waals surface area (Å²) in [5.41, 5.74) is 0.741. The number of hydrogen-bond acceptors (Lipinski definition) is 3. The third kappa shape index (κ3) is 2.82. The molecule has 19 heavy (non-hydrogen) atoms. The Balaban J connectivity index is 2.49. The fraction of sp³-hybridized carbons (Fsp3) is 0.0769. The minimum absolute atomic E-state index is 0.00759. The zero-order chi connectivity index (χ0) is 14.0. The van der Waals surface area contributed by atoms with E-state index in [4.69, 9.17) is 16.7 Å². The molecule has 1 aromatic heterocycles. The lowest BCUT2D eigenvalue weighted by atomic mass is 10.2. The summed E-state index contributed by atoms with van der Waals surface area (Å²) < 4.78 is 13.7. The van der Waals surface area contributed by atoms with E-state index in [9.17, 15) is 9.18 Å². The molecule has 2 rings (SSSR count). The van der Waals surface area contributed by atoms with Crippen molar-refractivity contribution in [2.24, 2.45) is 0 Å². The Hall–Kier alpha value is -2.14. The number of nitrogens with one attached hydrogen (secondary N) is 1. The fourth-order valence-corrected chi connectivity index (χ4v) is 1.76. The number of carbonyl (C=O) groups is 1. The lowest BCUT2D eigenvalue weighted by Crippen LogP contribution is -2.06. The lowest BCUT2D eigenvalue weighted by molar-refractivity contribution is 0.0697. The van der Waals surface area contributed by atoms with Gasteiger partial charge in [-0.2, -0.15) is 0 Å². The smallest absolute Gasteiger partial charge is 0.339 e. The largest absolute Gasteiger partial charge is 0.478 e. The van der Waals surface area contributed by atoms with Crippen LogP contribution in [0.2, 0.25) is 5.15 Å². The predicted octanol–water partition coefficient (Wildman–Crippen LogP) is 3.62. The second-order valence-electron chi connectivity index (χ2n) is 3.89. The number of carboxylic acids is 1. The Morgan fingerprint density at radius 3 is 2.74 bits per heavy atom. The Morgan fingerprint density at radius 1 is 1.37 bits per heavy atom. The topological polar surface area (TPSA) is 62.2 Å². The van der Waals surface area contributed by atoms with Crippen molar-refractivity contribution in [3.05, 3.63) is 52.4 Å². The van der Waals surface area contributed by atoms with Crippen molar-refractivity contribution in [2.45, 2.75) is 6.92 Å². The number of rotatable bonds is 3. The maximum absolute atomic E-state index is 13.7. The normalized spacial score (nSPS) is 10.3. The summed E-state index contributed by atoms with van der Waals surface area (Å²) in [6, 6.07) is 7.23. The average molecular weight is 281 g/mol. The molecule has 0 fully saturated rings. The summed E-state index contributed by atoms with van der Waals surface area (Å²) >= 11 is 5.73. The van der Waals surface area contributed by atoms with Crippen LogP contribution in [0.1, 0.15) is 15.9 Å². The van der Waals surface area contributed by atoms with E-state index in [1.54, 1.807) is 19.1 Å². The van der Waals surface area contributed by atoms with Crippen LogP contribution >= 0.6 is 11.6 Å². The summed E-state index contributed by atoms with van der Waals surface area (Å²) in [4.78, 5) is 15.0. The van der Waals surface area contributed by atoms with E-state index in [-0.39, 0.29) is 22.2 Å². The van der Waals surface area contributed by atoms with E-state index in [1.165, 1.54) is 18.2 Å². The van der Waals surface area contributed by atoms with E-state index in [2.05, 4.69) is 10.3 Å². The summed E-state index contributed by atoms with van der Waals surface area (Å²) in [6.07, 6.45) is 0. The van der Waals surface area contributed by atoms with Gasteiger partial charge in [0.1, 0.15) is 22.4 Å². The van der Waals surface area contributed by atoms with Crippen molar-refractivity contribution in [1.29, 1.82) is 0 Å². The Morgan fingerprint density at radius 2 is 2.11 bits per heavy atom. The van der Waals surface area contributed by atoms with Crippen molar-refractivity contribution in [2.75, 3.05) is 5.32 Å². The zero-order valence-corrected chi connectivity index (χ0v) is 10.7. The number of pyridine rings is 1. The number of aryl methyl sites for hydroxylation is 1. The number of carboxylic acid groups (broad SMARTS) is 1. The van der Waals surface area contributed by atoms with E-state index in [0.29, 0.717) is 5.56 Å². The van der Waals surface area contributed by atoms with Gasteiger partial charge in [0.25, 0.3) is 0 Å². The number of benzene rings is 1. The first-order valence-corrected chi connectivity index (χ1v) is 5.79. The van der Waals surface area contributed by atoms with Gasteiger partial charge in [-0.3, -0.25) is 0 Å². The number of hydrogen-bond donors (Lipinski definition) is 2. The molecule has 0 saturated carbocycles. The summed E-state index contributed by atoms with van der Waals surface area (Å²) in [5.74, 6) is -1.65. The van der Waals surface area contributed by atoms with Gasteiger partial charge in [-0.05, 0) is 30.7 Å². The van der Waals surface area contributed by atoms with Gasteiger partial charge in [0.2, 0.25) is 0 Å². The second-order valence-corrected chi connectivity index (χ2v) is 4.28. The highest BCUT2D eigenvalue weighted by molar-refractivity contribution is 6.29. The number of para-hydroxylation sites is 1. The molecule has 98 valence electrons. The van der Waals surface area contributed by atoms with Crippen molar-refractivity contribution in [1.82, 2.24) is 4.98 Å². The first kappa shape index (κ1) is 13.3. The molecule has 4 nitrogen and oxygen atoms in total. The predicted molar refractivity (Wildman–Crippen MR) is 70.6 cm³/mol. The summed E-state index contributed by atoms with van der Waals surface area (Å²) in [6.45, 7) is 1.70. The molecule has 2 aromatic rings. The molecule has 0 atom stereocenters. The molecular weight excluding hydrogens is 271 g/mol. The van der Waals surface area contributed by atoms with Crippen LogP contribution in [-0.2, 0) is 0 Å². The van der Waals surface area contributed by atoms with E-state index in [1.807, 2.05) is 0 Å². The number of aromatic carboxylic acids is 1. The SMILES string of the molecule is Cc1cccc(F)c1Nc1nc(Cl)ccc1C(=O)O. The second kappa shape index (κ2) is 5.24. The average Bonchev–Trinajstić information content (AvgIpc) is 2.33. The van der Waals surface area contributed by atoms with E-state index < -0.39 is 11.8 Å².